The van der Waals surface area contributed by atoms with Gasteiger partial charge >= 0.3 is 0 Å². The van der Waals surface area contributed by atoms with E-state index in [0.717, 1.165) is 6.26 Å². The van der Waals surface area contributed by atoms with Gasteiger partial charge in [0.15, 0.2) is 9.84 Å². The third-order valence-electron chi connectivity index (χ3n) is 3.00. The van der Waals surface area contributed by atoms with Gasteiger partial charge < -0.3 is 5.11 Å². The predicted octanol–water partition coefficient (Wildman–Crippen LogP) is -0.108. The van der Waals surface area contributed by atoms with Crippen molar-refractivity contribution in [2.24, 2.45) is 0 Å². The lowest BCUT2D eigenvalue weighted by atomic mass is 9.91. The Morgan fingerprint density at radius 3 is 1.95 bits per heavy atom. The molecule has 1 saturated carbocycles. The van der Waals surface area contributed by atoms with Crippen LogP contribution in [0.2, 0.25) is 0 Å². The van der Waals surface area contributed by atoms with Gasteiger partial charge in [0, 0.05) is 12.3 Å². The smallest absolute Gasteiger partial charge is 0.240 e. The van der Waals surface area contributed by atoms with E-state index in [0.29, 0.717) is 12.8 Å². The summed E-state index contributed by atoms with van der Waals surface area (Å²) in [4.78, 5) is 0.0896. The zero-order valence-electron chi connectivity index (χ0n) is 10.3. The maximum atomic E-state index is 12.0. The van der Waals surface area contributed by atoms with E-state index < -0.39 is 26.0 Å². The highest BCUT2D eigenvalue weighted by Crippen LogP contribution is 2.22. The average Bonchev–Trinajstić information content (AvgIpc) is 2.26. The van der Waals surface area contributed by atoms with Gasteiger partial charge in [-0.1, -0.05) is 0 Å². The van der Waals surface area contributed by atoms with Gasteiger partial charge in [-0.2, -0.15) is 0 Å². The van der Waals surface area contributed by atoms with Crippen LogP contribution in [0, 0.1) is 0 Å². The van der Waals surface area contributed by atoms with E-state index in [4.69, 9.17) is 5.11 Å². The van der Waals surface area contributed by atoms with E-state index in [-0.39, 0.29) is 15.8 Å². The van der Waals surface area contributed by atoms with Crippen molar-refractivity contribution in [3.63, 3.8) is 0 Å². The number of rotatable bonds is 4. The molecule has 2 rings (SSSR count). The fourth-order valence-electron chi connectivity index (χ4n) is 1.84. The number of hydrogen-bond acceptors (Lipinski definition) is 5. The molecule has 0 amide bonds. The summed E-state index contributed by atoms with van der Waals surface area (Å²) in [5.41, 5.74) is 0. The van der Waals surface area contributed by atoms with Crippen LogP contribution in [0.1, 0.15) is 12.8 Å². The summed E-state index contributed by atoms with van der Waals surface area (Å²) >= 11 is 0. The SMILES string of the molecule is CS(=O)(=O)c1ccc(S(=O)(=O)NC2CC(O)C2)cc1. The summed E-state index contributed by atoms with van der Waals surface area (Å²) in [6.07, 6.45) is 1.42. The number of aliphatic hydroxyl groups is 1. The molecular weight excluding hydrogens is 290 g/mol. The molecule has 0 atom stereocenters. The molecule has 6 nitrogen and oxygen atoms in total. The summed E-state index contributed by atoms with van der Waals surface area (Å²) < 4.78 is 48.9. The molecule has 106 valence electrons. The zero-order chi connectivity index (χ0) is 14.3. The number of nitrogens with one attached hydrogen (secondary N) is 1. The van der Waals surface area contributed by atoms with Gasteiger partial charge in [0.1, 0.15) is 0 Å². The van der Waals surface area contributed by atoms with Crippen LogP contribution in [0.4, 0.5) is 0 Å². The van der Waals surface area contributed by atoms with Gasteiger partial charge in [0.2, 0.25) is 10.0 Å². The highest BCUT2D eigenvalue weighted by Gasteiger charge is 2.31. The Kier molecular flexibility index (Phi) is 3.69. The third kappa shape index (κ3) is 3.33. The van der Waals surface area contributed by atoms with Crippen LogP contribution in [-0.2, 0) is 19.9 Å². The number of benzene rings is 1. The fraction of sp³-hybridized carbons (Fsp3) is 0.455. The van der Waals surface area contributed by atoms with Crippen LogP contribution in [0.3, 0.4) is 0 Å². The number of aliphatic hydroxyl groups excluding tert-OH is 1. The first-order chi connectivity index (χ1) is 8.68. The Morgan fingerprint density at radius 2 is 1.53 bits per heavy atom. The van der Waals surface area contributed by atoms with Crippen LogP contribution in [-0.4, -0.2) is 40.3 Å². The summed E-state index contributed by atoms with van der Waals surface area (Å²) in [6, 6.07) is 4.79. The minimum Gasteiger partial charge on any atom is -0.393 e. The Labute approximate surface area is 112 Å². The Morgan fingerprint density at radius 1 is 1.05 bits per heavy atom. The van der Waals surface area contributed by atoms with E-state index in [9.17, 15) is 16.8 Å². The van der Waals surface area contributed by atoms with E-state index in [1.807, 2.05) is 0 Å². The third-order valence-corrected chi connectivity index (χ3v) is 5.66. The molecule has 0 unspecified atom stereocenters. The number of sulfone groups is 1. The van der Waals surface area contributed by atoms with Crippen LogP contribution >= 0.6 is 0 Å². The van der Waals surface area contributed by atoms with Crippen LogP contribution < -0.4 is 4.72 Å². The van der Waals surface area contributed by atoms with Crippen molar-refractivity contribution in [1.82, 2.24) is 4.72 Å². The monoisotopic (exact) mass is 305 g/mol. The van der Waals surface area contributed by atoms with Crippen molar-refractivity contribution >= 4 is 19.9 Å². The zero-order valence-corrected chi connectivity index (χ0v) is 11.9. The van der Waals surface area contributed by atoms with E-state index >= 15 is 0 Å². The molecule has 1 aromatic carbocycles. The fourth-order valence-corrected chi connectivity index (χ4v) is 3.73. The van der Waals surface area contributed by atoms with Gasteiger partial charge in [0.25, 0.3) is 0 Å². The first kappa shape index (κ1) is 14.4. The normalized spacial score (nSPS) is 23.9. The number of sulfonamides is 1. The van der Waals surface area contributed by atoms with Crippen molar-refractivity contribution in [2.75, 3.05) is 6.26 Å². The molecule has 0 heterocycles. The lowest BCUT2D eigenvalue weighted by molar-refractivity contribution is 0.0712. The summed E-state index contributed by atoms with van der Waals surface area (Å²) in [7, 11) is -7.00. The van der Waals surface area contributed by atoms with Crippen LogP contribution in [0.15, 0.2) is 34.1 Å². The quantitative estimate of drug-likeness (QED) is 0.808. The van der Waals surface area contributed by atoms with Gasteiger partial charge in [-0.25, -0.2) is 21.6 Å². The maximum Gasteiger partial charge on any atom is 0.240 e. The molecule has 1 fully saturated rings. The molecule has 0 aliphatic heterocycles. The second kappa shape index (κ2) is 4.86. The van der Waals surface area contributed by atoms with Gasteiger partial charge in [-0.05, 0) is 37.1 Å². The largest absolute Gasteiger partial charge is 0.393 e. The van der Waals surface area contributed by atoms with Gasteiger partial charge in [-0.15, -0.1) is 0 Å². The van der Waals surface area contributed by atoms with E-state index in [1.165, 1.54) is 24.3 Å². The molecule has 2 N–H and O–H groups in total. The van der Waals surface area contributed by atoms with Crippen LogP contribution in [0.25, 0.3) is 0 Å². The van der Waals surface area contributed by atoms with Crippen molar-refractivity contribution in [3.05, 3.63) is 24.3 Å². The lowest BCUT2D eigenvalue weighted by Gasteiger charge is -2.31. The maximum absolute atomic E-state index is 12.0. The molecule has 0 saturated heterocycles. The molecule has 0 aromatic heterocycles. The highest BCUT2D eigenvalue weighted by molar-refractivity contribution is 7.90. The molecule has 1 aliphatic rings. The van der Waals surface area contributed by atoms with Crippen molar-refractivity contribution in [1.29, 1.82) is 0 Å². The average molecular weight is 305 g/mol. The Balaban J connectivity index is 2.17. The second-order valence-corrected chi connectivity index (χ2v) is 8.42. The van der Waals surface area contributed by atoms with Crippen molar-refractivity contribution in [2.45, 2.75) is 34.8 Å². The van der Waals surface area contributed by atoms with E-state index in [1.54, 1.807) is 0 Å². The van der Waals surface area contributed by atoms with Crippen molar-refractivity contribution in [3.8, 4) is 0 Å². The second-order valence-electron chi connectivity index (χ2n) is 4.69. The molecule has 19 heavy (non-hydrogen) atoms. The van der Waals surface area contributed by atoms with Gasteiger partial charge in [-0.3, -0.25) is 0 Å². The minimum absolute atomic E-state index is 0.0151. The summed E-state index contributed by atoms with van der Waals surface area (Å²) in [5.74, 6) is 0. The van der Waals surface area contributed by atoms with Gasteiger partial charge in [0.05, 0.1) is 15.9 Å². The molecule has 1 aliphatic carbocycles. The first-order valence-corrected chi connectivity index (χ1v) is 9.06. The molecular formula is C11H15NO5S2. The number of hydrogen-bond donors (Lipinski definition) is 2. The predicted molar refractivity (Wildman–Crippen MR) is 68.9 cm³/mol. The molecule has 8 heteroatoms. The topological polar surface area (TPSA) is 101 Å². The summed E-state index contributed by atoms with van der Waals surface area (Å²) in [5, 5.41) is 9.11. The molecule has 1 aromatic rings. The lowest BCUT2D eigenvalue weighted by Crippen LogP contribution is -2.46. The Hall–Kier alpha value is -0.960. The first-order valence-electron chi connectivity index (χ1n) is 5.69. The van der Waals surface area contributed by atoms with Crippen LogP contribution in [0.5, 0.6) is 0 Å². The summed E-state index contributed by atoms with van der Waals surface area (Å²) in [6.45, 7) is 0. The molecule has 0 bridgehead atoms. The minimum atomic E-state index is -3.66. The Bertz CT molecular complexity index is 658. The molecule has 0 spiro atoms. The van der Waals surface area contributed by atoms with E-state index in [2.05, 4.69) is 4.72 Å². The highest BCUT2D eigenvalue weighted by atomic mass is 32.2. The standard InChI is InChI=1S/C11H15NO5S2/c1-18(14,15)10-2-4-11(5-3-10)19(16,17)12-8-6-9(13)7-8/h2-5,8-9,12-13H,6-7H2,1H3. The molecule has 0 radical (unpaired) electrons. The van der Waals surface area contributed by atoms with Crippen molar-refractivity contribution < 1.29 is 21.9 Å².